The van der Waals surface area contributed by atoms with E-state index >= 15 is 0 Å². The second kappa shape index (κ2) is 5.89. The topological polar surface area (TPSA) is 71.2 Å². The molecule has 0 fully saturated rings. The fourth-order valence-corrected chi connectivity index (χ4v) is 4.28. The van der Waals surface area contributed by atoms with Crippen LogP contribution in [0, 0.1) is 13.8 Å². The quantitative estimate of drug-likeness (QED) is 0.754. The van der Waals surface area contributed by atoms with Crippen molar-refractivity contribution in [1.82, 2.24) is 9.71 Å². The first-order chi connectivity index (χ1) is 11.9. The summed E-state index contributed by atoms with van der Waals surface area (Å²) in [5.41, 5.74) is 5.28. The summed E-state index contributed by atoms with van der Waals surface area (Å²) in [4.78, 5) is 3.61. The van der Waals surface area contributed by atoms with Gasteiger partial charge in [0.2, 0.25) is 10.0 Å². The Bertz CT molecular complexity index is 1070. The van der Waals surface area contributed by atoms with Crippen molar-refractivity contribution < 1.29 is 13.2 Å². The lowest BCUT2D eigenvalue weighted by Crippen LogP contribution is -2.23. The van der Waals surface area contributed by atoms with Gasteiger partial charge in [0.15, 0.2) is 0 Å². The molecule has 0 spiro atoms. The number of benzene rings is 2. The molecule has 1 aliphatic rings. The zero-order valence-corrected chi connectivity index (χ0v) is 15.0. The van der Waals surface area contributed by atoms with Crippen LogP contribution in [0.1, 0.15) is 22.4 Å². The molecule has 0 aliphatic carbocycles. The molecule has 0 saturated heterocycles. The zero-order chi connectivity index (χ0) is 17.6. The molecule has 6 heteroatoms. The minimum atomic E-state index is -3.55. The Kier molecular flexibility index (Phi) is 3.81. The maximum absolute atomic E-state index is 12.6. The second-order valence-electron chi connectivity index (χ2n) is 6.45. The molecule has 3 aromatic rings. The molecular weight excluding hydrogens is 336 g/mol. The first-order valence-electron chi connectivity index (χ1n) is 8.27. The van der Waals surface area contributed by atoms with Gasteiger partial charge in [-0.2, -0.15) is 0 Å². The van der Waals surface area contributed by atoms with Gasteiger partial charge in [-0.3, -0.25) is 0 Å². The van der Waals surface area contributed by atoms with Crippen LogP contribution < -0.4 is 9.46 Å². The molecule has 1 aromatic heterocycles. The van der Waals surface area contributed by atoms with E-state index in [2.05, 4.69) is 16.6 Å². The SMILES string of the molecule is Cc1[nH]c2ccc(CNS(=O)(=O)c3ccc4c(c3)CCO4)cc2c1C. The normalized spacial score (nSPS) is 13.8. The highest BCUT2D eigenvalue weighted by molar-refractivity contribution is 7.89. The molecule has 0 saturated carbocycles. The third kappa shape index (κ3) is 2.92. The number of H-pyrrole nitrogens is 1. The molecule has 130 valence electrons. The van der Waals surface area contributed by atoms with Crippen molar-refractivity contribution in [3.05, 3.63) is 58.8 Å². The number of fused-ring (bicyclic) bond motifs is 2. The Morgan fingerprint density at radius 2 is 2.00 bits per heavy atom. The highest BCUT2D eigenvalue weighted by Gasteiger charge is 2.19. The van der Waals surface area contributed by atoms with Crippen LogP contribution >= 0.6 is 0 Å². The van der Waals surface area contributed by atoms with Crippen molar-refractivity contribution in [3.63, 3.8) is 0 Å². The molecular formula is C19H20N2O3S. The lowest BCUT2D eigenvalue weighted by Gasteiger charge is -2.08. The standard InChI is InChI=1S/C19H20N2O3S/c1-12-13(2)21-18-5-3-14(9-17(12)18)11-20-25(22,23)16-4-6-19-15(10-16)7-8-24-19/h3-6,9-10,20-21H,7-8,11H2,1-2H3. The van der Waals surface area contributed by atoms with E-state index in [0.717, 1.165) is 39.9 Å². The van der Waals surface area contributed by atoms with Crippen molar-refractivity contribution in [2.24, 2.45) is 0 Å². The summed E-state index contributed by atoms with van der Waals surface area (Å²) >= 11 is 0. The number of aromatic nitrogens is 1. The van der Waals surface area contributed by atoms with Crippen LogP contribution in [-0.4, -0.2) is 20.0 Å². The van der Waals surface area contributed by atoms with Gasteiger partial charge in [0.1, 0.15) is 5.75 Å². The van der Waals surface area contributed by atoms with Gasteiger partial charge in [0, 0.05) is 29.6 Å². The summed E-state index contributed by atoms with van der Waals surface area (Å²) in [5, 5.41) is 1.13. The smallest absolute Gasteiger partial charge is 0.240 e. The number of nitrogens with one attached hydrogen (secondary N) is 2. The van der Waals surface area contributed by atoms with Crippen molar-refractivity contribution in [2.75, 3.05) is 6.61 Å². The van der Waals surface area contributed by atoms with Gasteiger partial charge in [-0.15, -0.1) is 0 Å². The molecule has 0 radical (unpaired) electrons. The van der Waals surface area contributed by atoms with Gasteiger partial charge in [0.05, 0.1) is 11.5 Å². The van der Waals surface area contributed by atoms with E-state index < -0.39 is 10.0 Å². The monoisotopic (exact) mass is 356 g/mol. The summed E-state index contributed by atoms with van der Waals surface area (Å²) < 4.78 is 33.3. The fourth-order valence-electron chi connectivity index (χ4n) is 3.21. The fraction of sp³-hybridized carbons (Fsp3) is 0.263. The van der Waals surface area contributed by atoms with E-state index in [1.165, 1.54) is 5.56 Å². The maximum Gasteiger partial charge on any atom is 0.240 e. The number of sulfonamides is 1. The summed E-state index contributed by atoms with van der Waals surface area (Å²) in [5.74, 6) is 0.780. The van der Waals surface area contributed by atoms with Gasteiger partial charge >= 0.3 is 0 Å². The Morgan fingerprint density at radius 3 is 2.84 bits per heavy atom. The summed E-state index contributed by atoms with van der Waals surface area (Å²) in [6, 6.07) is 11.0. The zero-order valence-electron chi connectivity index (χ0n) is 14.2. The van der Waals surface area contributed by atoms with E-state index in [1.807, 2.05) is 25.1 Å². The van der Waals surface area contributed by atoms with Crippen LogP contribution in [-0.2, 0) is 23.0 Å². The molecule has 0 bridgehead atoms. The number of rotatable bonds is 4. The van der Waals surface area contributed by atoms with Crippen LogP contribution in [0.4, 0.5) is 0 Å². The number of aryl methyl sites for hydroxylation is 2. The summed E-state index contributed by atoms with van der Waals surface area (Å²) in [6.07, 6.45) is 0.751. The predicted molar refractivity (Wildman–Crippen MR) is 97.4 cm³/mol. The van der Waals surface area contributed by atoms with Crippen LogP contribution in [0.15, 0.2) is 41.3 Å². The summed E-state index contributed by atoms with van der Waals surface area (Å²) in [7, 11) is -3.55. The Labute approximate surface area is 147 Å². The van der Waals surface area contributed by atoms with Crippen molar-refractivity contribution in [1.29, 1.82) is 0 Å². The Morgan fingerprint density at radius 1 is 1.16 bits per heavy atom. The number of hydrogen-bond donors (Lipinski definition) is 2. The van der Waals surface area contributed by atoms with E-state index in [1.54, 1.807) is 18.2 Å². The van der Waals surface area contributed by atoms with Gasteiger partial charge < -0.3 is 9.72 Å². The first-order valence-corrected chi connectivity index (χ1v) is 9.75. The summed E-state index contributed by atoms with van der Waals surface area (Å²) in [6.45, 7) is 4.97. The van der Waals surface area contributed by atoms with E-state index in [4.69, 9.17) is 4.74 Å². The van der Waals surface area contributed by atoms with E-state index in [-0.39, 0.29) is 11.4 Å². The number of aromatic amines is 1. The van der Waals surface area contributed by atoms with Crippen molar-refractivity contribution >= 4 is 20.9 Å². The molecule has 2 N–H and O–H groups in total. The number of ether oxygens (including phenoxy) is 1. The Hall–Kier alpha value is -2.31. The minimum Gasteiger partial charge on any atom is -0.493 e. The Balaban J connectivity index is 1.56. The number of hydrogen-bond acceptors (Lipinski definition) is 3. The maximum atomic E-state index is 12.6. The molecule has 2 aromatic carbocycles. The van der Waals surface area contributed by atoms with E-state index in [0.29, 0.717) is 6.61 Å². The van der Waals surface area contributed by atoms with Crippen LogP contribution in [0.3, 0.4) is 0 Å². The lowest BCUT2D eigenvalue weighted by atomic mass is 10.1. The molecule has 0 amide bonds. The predicted octanol–water partition coefficient (Wildman–Crippen LogP) is 3.20. The average Bonchev–Trinajstić information content (AvgIpc) is 3.17. The first kappa shape index (κ1) is 16.2. The van der Waals surface area contributed by atoms with Crippen molar-refractivity contribution in [3.8, 4) is 5.75 Å². The second-order valence-corrected chi connectivity index (χ2v) is 8.21. The third-order valence-electron chi connectivity index (χ3n) is 4.81. The van der Waals surface area contributed by atoms with Crippen LogP contribution in [0.2, 0.25) is 0 Å². The minimum absolute atomic E-state index is 0.259. The molecule has 0 atom stereocenters. The van der Waals surface area contributed by atoms with Crippen LogP contribution in [0.5, 0.6) is 5.75 Å². The van der Waals surface area contributed by atoms with Crippen LogP contribution in [0.25, 0.3) is 10.9 Å². The largest absolute Gasteiger partial charge is 0.493 e. The van der Waals surface area contributed by atoms with Crippen molar-refractivity contribution in [2.45, 2.75) is 31.7 Å². The van der Waals surface area contributed by atoms with Gasteiger partial charge in [-0.25, -0.2) is 13.1 Å². The van der Waals surface area contributed by atoms with E-state index in [9.17, 15) is 8.42 Å². The molecule has 1 aliphatic heterocycles. The molecule has 5 nitrogen and oxygen atoms in total. The molecule has 25 heavy (non-hydrogen) atoms. The highest BCUT2D eigenvalue weighted by Crippen LogP contribution is 2.28. The molecule has 4 rings (SSSR count). The highest BCUT2D eigenvalue weighted by atomic mass is 32.2. The average molecular weight is 356 g/mol. The van der Waals surface area contributed by atoms with Gasteiger partial charge in [-0.05, 0) is 60.9 Å². The molecule has 0 unspecified atom stereocenters. The lowest BCUT2D eigenvalue weighted by molar-refractivity contribution is 0.356. The van der Waals surface area contributed by atoms with Gasteiger partial charge in [0.25, 0.3) is 0 Å². The van der Waals surface area contributed by atoms with Gasteiger partial charge in [-0.1, -0.05) is 6.07 Å². The molecule has 2 heterocycles. The third-order valence-corrected chi connectivity index (χ3v) is 6.21.